The summed E-state index contributed by atoms with van der Waals surface area (Å²) in [6.07, 6.45) is 0.896. The normalized spacial score (nSPS) is 17.9. The van der Waals surface area contributed by atoms with Crippen LogP contribution in [0.15, 0.2) is 18.3 Å². The van der Waals surface area contributed by atoms with Gasteiger partial charge in [0.25, 0.3) is 0 Å². The molecule has 20 heavy (non-hydrogen) atoms. The number of urea groups is 1. The lowest BCUT2D eigenvalue weighted by atomic mass is 10.3. The number of methoxy groups -OCH3 is 1. The third-order valence-corrected chi connectivity index (χ3v) is 2.87. The second-order valence-corrected chi connectivity index (χ2v) is 4.16. The van der Waals surface area contributed by atoms with E-state index in [1.807, 2.05) is 0 Å². The van der Waals surface area contributed by atoms with Crippen molar-refractivity contribution in [1.82, 2.24) is 10.0 Å². The molecule has 1 aromatic rings. The number of ether oxygens (including phenoxy) is 1. The third kappa shape index (κ3) is 2.69. The number of hydrogen-bond donors (Lipinski definition) is 0. The summed E-state index contributed by atoms with van der Waals surface area (Å²) < 4.78 is 18.1. The highest BCUT2D eigenvalue weighted by molar-refractivity contribution is 5.90. The first-order valence-corrected chi connectivity index (χ1v) is 5.95. The number of hydroxylamine groups is 2. The number of carbonyl (C=O) groups is 2. The van der Waals surface area contributed by atoms with Crippen LogP contribution in [0.4, 0.5) is 15.0 Å². The van der Waals surface area contributed by atoms with E-state index in [0.29, 0.717) is 6.42 Å². The minimum Gasteiger partial charge on any atom is -0.467 e. The fraction of sp³-hybridized carbons (Fsp3) is 0.417. The molecule has 1 fully saturated rings. The molecule has 1 saturated heterocycles. The van der Waals surface area contributed by atoms with Gasteiger partial charge in [0.05, 0.1) is 13.7 Å². The highest BCUT2D eigenvalue weighted by Crippen LogP contribution is 2.20. The zero-order chi connectivity index (χ0) is 14.7. The quantitative estimate of drug-likeness (QED) is 0.756. The molecule has 108 valence electrons. The fourth-order valence-electron chi connectivity index (χ4n) is 1.81. The van der Waals surface area contributed by atoms with Gasteiger partial charge in [-0.1, -0.05) is 0 Å². The van der Waals surface area contributed by atoms with Gasteiger partial charge in [0.2, 0.25) is 0 Å². The fourth-order valence-corrected chi connectivity index (χ4v) is 1.81. The van der Waals surface area contributed by atoms with Crippen LogP contribution in [0.25, 0.3) is 0 Å². The number of esters is 1. The van der Waals surface area contributed by atoms with E-state index in [-0.39, 0.29) is 12.4 Å². The van der Waals surface area contributed by atoms with E-state index >= 15 is 0 Å². The summed E-state index contributed by atoms with van der Waals surface area (Å²) in [4.78, 5) is 33.4. The molecule has 8 heteroatoms. The maximum absolute atomic E-state index is 13.6. The first kappa shape index (κ1) is 14.2. The number of amides is 2. The molecule has 0 aromatic carbocycles. The predicted octanol–water partition coefficient (Wildman–Crippen LogP) is 0.956. The van der Waals surface area contributed by atoms with Crippen molar-refractivity contribution in [2.24, 2.45) is 0 Å². The second kappa shape index (κ2) is 5.83. The highest BCUT2D eigenvalue weighted by atomic mass is 19.1. The van der Waals surface area contributed by atoms with E-state index in [1.54, 1.807) is 0 Å². The SMILES string of the molecule is COC(=O)C1CCN(C(=O)N(C)c2ncccc2F)O1. The van der Waals surface area contributed by atoms with Crippen LogP contribution in [0.3, 0.4) is 0 Å². The van der Waals surface area contributed by atoms with Gasteiger partial charge in [-0.3, -0.25) is 9.74 Å². The molecule has 2 amide bonds. The molecule has 0 bridgehead atoms. The second-order valence-electron chi connectivity index (χ2n) is 4.16. The van der Waals surface area contributed by atoms with E-state index in [4.69, 9.17) is 4.84 Å². The van der Waals surface area contributed by atoms with Crippen LogP contribution >= 0.6 is 0 Å². The van der Waals surface area contributed by atoms with Crippen molar-refractivity contribution in [2.75, 3.05) is 25.6 Å². The molecule has 0 spiro atoms. The van der Waals surface area contributed by atoms with Crippen LogP contribution in [-0.2, 0) is 14.4 Å². The number of rotatable bonds is 2. The molecule has 0 aliphatic carbocycles. The number of carbonyl (C=O) groups excluding carboxylic acids is 2. The molecule has 2 heterocycles. The van der Waals surface area contributed by atoms with Gasteiger partial charge in [-0.25, -0.2) is 24.0 Å². The summed E-state index contributed by atoms with van der Waals surface area (Å²) in [7, 11) is 2.62. The summed E-state index contributed by atoms with van der Waals surface area (Å²) >= 11 is 0. The Morgan fingerprint density at radius 1 is 1.60 bits per heavy atom. The van der Waals surface area contributed by atoms with E-state index in [1.165, 1.54) is 32.5 Å². The van der Waals surface area contributed by atoms with Crippen LogP contribution in [-0.4, -0.2) is 48.9 Å². The number of pyridine rings is 1. The lowest BCUT2D eigenvalue weighted by Gasteiger charge is -2.23. The minimum atomic E-state index is -0.814. The first-order chi connectivity index (χ1) is 9.54. The number of aromatic nitrogens is 1. The Labute approximate surface area is 114 Å². The first-order valence-electron chi connectivity index (χ1n) is 5.95. The average molecular weight is 283 g/mol. The topological polar surface area (TPSA) is 72.0 Å². The number of anilines is 1. The molecular formula is C12H14FN3O4. The molecular weight excluding hydrogens is 269 g/mol. The summed E-state index contributed by atoms with van der Waals surface area (Å²) in [5.74, 6) is -1.28. The Bertz CT molecular complexity index is 525. The zero-order valence-electron chi connectivity index (χ0n) is 11.1. The Balaban J connectivity index is 2.06. The maximum Gasteiger partial charge on any atom is 0.349 e. The zero-order valence-corrected chi connectivity index (χ0v) is 11.1. The van der Waals surface area contributed by atoms with Crippen LogP contribution < -0.4 is 4.90 Å². The number of nitrogens with zero attached hydrogens (tertiary/aromatic N) is 3. The smallest absolute Gasteiger partial charge is 0.349 e. The van der Waals surface area contributed by atoms with Gasteiger partial charge in [0.15, 0.2) is 17.7 Å². The van der Waals surface area contributed by atoms with Gasteiger partial charge >= 0.3 is 12.0 Å². The lowest BCUT2D eigenvalue weighted by Crippen LogP contribution is -2.40. The summed E-state index contributed by atoms with van der Waals surface area (Å²) in [5.41, 5.74) is 0. The molecule has 1 aromatic heterocycles. The number of hydrogen-bond acceptors (Lipinski definition) is 5. The molecule has 0 N–H and O–H groups in total. The van der Waals surface area contributed by atoms with Gasteiger partial charge < -0.3 is 4.74 Å². The monoisotopic (exact) mass is 283 g/mol. The van der Waals surface area contributed by atoms with Crippen molar-refractivity contribution in [3.8, 4) is 0 Å². The van der Waals surface area contributed by atoms with Crippen molar-refractivity contribution >= 4 is 17.8 Å². The third-order valence-electron chi connectivity index (χ3n) is 2.87. The van der Waals surface area contributed by atoms with Crippen molar-refractivity contribution in [3.05, 3.63) is 24.1 Å². The van der Waals surface area contributed by atoms with Crippen LogP contribution in [0, 0.1) is 5.82 Å². The van der Waals surface area contributed by atoms with Crippen LogP contribution in [0.1, 0.15) is 6.42 Å². The van der Waals surface area contributed by atoms with Crippen molar-refractivity contribution < 1.29 is 23.6 Å². The minimum absolute atomic E-state index is 0.109. The Morgan fingerprint density at radius 2 is 2.35 bits per heavy atom. The molecule has 0 saturated carbocycles. The number of halogens is 1. The van der Waals surface area contributed by atoms with E-state index in [9.17, 15) is 14.0 Å². The Hall–Kier alpha value is -2.22. The lowest BCUT2D eigenvalue weighted by molar-refractivity contribution is -0.167. The van der Waals surface area contributed by atoms with E-state index < -0.39 is 23.9 Å². The summed E-state index contributed by atoms with van der Waals surface area (Å²) in [6, 6.07) is 2.03. The molecule has 7 nitrogen and oxygen atoms in total. The molecule has 1 unspecified atom stereocenters. The van der Waals surface area contributed by atoms with E-state index in [2.05, 4.69) is 9.72 Å². The summed E-state index contributed by atoms with van der Waals surface area (Å²) in [6.45, 7) is 0.220. The van der Waals surface area contributed by atoms with Crippen molar-refractivity contribution in [3.63, 3.8) is 0 Å². The van der Waals surface area contributed by atoms with Crippen molar-refractivity contribution in [1.29, 1.82) is 0 Å². The van der Waals surface area contributed by atoms with Gasteiger partial charge in [-0.15, -0.1) is 0 Å². The van der Waals surface area contributed by atoms with Gasteiger partial charge in [0.1, 0.15) is 0 Å². The Morgan fingerprint density at radius 3 is 3.00 bits per heavy atom. The van der Waals surface area contributed by atoms with Gasteiger partial charge in [-0.2, -0.15) is 0 Å². The molecule has 0 radical (unpaired) electrons. The van der Waals surface area contributed by atoms with Gasteiger partial charge in [0, 0.05) is 19.7 Å². The van der Waals surface area contributed by atoms with Crippen LogP contribution in [0.5, 0.6) is 0 Å². The molecule has 1 aliphatic rings. The molecule has 2 rings (SSSR count). The highest BCUT2D eigenvalue weighted by Gasteiger charge is 2.35. The largest absolute Gasteiger partial charge is 0.467 e. The predicted molar refractivity (Wildman–Crippen MR) is 66.2 cm³/mol. The average Bonchev–Trinajstić information content (AvgIpc) is 2.95. The van der Waals surface area contributed by atoms with Gasteiger partial charge in [-0.05, 0) is 12.1 Å². The molecule has 1 aliphatic heterocycles. The maximum atomic E-state index is 13.6. The molecule has 1 atom stereocenters. The Kier molecular flexibility index (Phi) is 4.14. The van der Waals surface area contributed by atoms with Crippen molar-refractivity contribution in [2.45, 2.75) is 12.5 Å². The summed E-state index contributed by atoms with van der Waals surface area (Å²) in [5, 5.41) is 0.996. The van der Waals surface area contributed by atoms with E-state index in [0.717, 1.165) is 9.96 Å². The standard InChI is InChI=1S/C12H14FN3O4/c1-15(10-8(13)4-3-6-14-10)12(18)16-7-5-9(20-16)11(17)19-2/h3-4,6,9H,5,7H2,1-2H3. The van der Waals surface area contributed by atoms with Crippen LogP contribution in [0.2, 0.25) is 0 Å².